The van der Waals surface area contributed by atoms with Crippen molar-refractivity contribution >= 4 is 23.5 Å². The van der Waals surface area contributed by atoms with Crippen molar-refractivity contribution in [3.63, 3.8) is 0 Å². The van der Waals surface area contributed by atoms with Crippen molar-refractivity contribution in [1.29, 1.82) is 0 Å². The molecule has 0 radical (unpaired) electrons. The van der Waals surface area contributed by atoms with Crippen LogP contribution in [0.5, 0.6) is 0 Å². The third-order valence-electron chi connectivity index (χ3n) is 2.80. The average Bonchev–Trinajstić information content (AvgIpc) is 2.55. The van der Waals surface area contributed by atoms with Crippen LogP contribution in [-0.2, 0) is 14.3 Å². The van der Waals surface area contributed by atoms with E-state index in [4.69, 9.17) is 4.74 Å². The van der Waals surface area contributed by atoms with Crippen molar-refractivity contribution in [2.75, 3.05) is 38.7 Å². The fraction of sp³-hybridized carbons (Fsp3) is 0.400. The number of hydrogen-bond acceptors (Lipinski definition) is 4. The molecular weight excluding hydrogens is 319 g/mol. The van der Waals surface area contributed by atoms with E-state index in [9.17, 15) is 18.8 Å². The molecule has 8 nitrogen and oxygen atoms in total. The summed E-state index contributed by atoms with van der Waals surface area (Å²) in [5.41, 5.74) is 0.427. The number of carbonyl (C=O) groups excluding carboxylic acids is 3. The summed E-state index contributed by atoms with van der Waals surface area (Å²) in [5.74, 6) is -1.06. The first-order valence-corrected chi connectivity index (χ1v) is 7.34. The van der Waals surface area contributed by atoms with Crippen LogP contribution in [0, 0.1) is 5.82 Å². The molecule has 4 amide bonds. The Morgan fingerprint density at radius 2 is 1.71 bits per heavy atom. The van der Waals surface area contributed by atoms with E-state index in [2.05, 4.69) is 21.3 Å². The fourth-order valence-electron chi connectivity index (χ4n) is 1.63. The first-order valence-electron chi connectivity index (χ1n) is 7.34. The number of anilines is 1. The summed E-state index contributed by atoms with van der Waals surface area (Å²) in [5, 5.41) is 9.93. The lowest BCUT2D eigenvalue weighted by Crippen LogP contribution is -2.41. The molecule has 0 aromatic heterocycles. The fourth-order valence-corrected chi connectivity index (χ4v) is 1.63. The monoisotopic (exact) mass is 340 g/mol. The Bertz CT molecular complexity index is 551. The smallest absolute Gasteiger partial charge is 0.315 e. The highest BCUT2D eigenvalue weighted by Gasteiger charge is 2.06. The molecule has 0 fully saturated rings. The lowest BCUT2D eigenvalue weighted by molar-refractivity contribution is -0.121. The van der Waals surface area contributed by atoms with Gasteiger partial charge in [-0.25, -0.2) is 9.18 Å². The molecule has 0 aliphatic rings. The van der Waals surface area contributed by atoms with E-state index >= 15 is 0 Å². The summed E-state index contributed by atoms with van der Waals surface area (Å²) in [6, 6.07) is 4.69. The predicted octanol–water partition coefficient (Wildman–Crippen LogP) is 0.216. The van der Waals surface area contributed by atoms with Gasteiger partial charge in [0.05, 0.1) is 13.2 Å². The van der Waals surface area contributed by atoms with Crippen LogP contribution in [0.3, 0.4) is 0 Å². The molecule has 132 valence electrons. The molecule has 0 saturated carbocycles. The largest absolute Gasteiger partial charge is 0.383 e. The molecule has 9 heteroatoms. The lowest BCUT2D eigenvalue weighted by Gasteiger charge is -2.09. The first-order chi connectivity index (χ1) is 11.5. The number of carbonyl (C=O) groups is 3. The highest BCUT2D eigenvalue weighted by atomic mass is 19.1. The Morgan fingerprint density at radius 1 is 1.00 bits per heavy atom. The molecule has 1 aromatic rings. The Labute approximate surface area is 139 Å². The minimum Gasteiger partial charge on any atom is -0.383 e. The van der Waals surface area contributed by atoms with Crippen LogP contribution in [0.1, 0.15) is 6.42 Å². The predicted molar refractivity (Wildman–Crippen MR) is 85.9 cm³/mol. The van der Waals surface area contributed by atoms with Gasteiger partial charge in [-0.2, -0.15) is 0 Å². The molecule has 1 aromatic carbocycles. The maximum absolute atomic E-state index is 12.7. The molecular formula is C15H21FN4O4. The number of methoxy groups -OCH3 is 1. The van der Waals surface area contributed by atoms with Gasteiger partial charge in [0.25, 0.3) is 0 Å². The van der Waals surface area contributed by atoms with E-state index in [1.807, 2.05) is 0 Å². The number of nitrogens with one attached hydrogen (secondary N) is 4. The van der Waals surface area contributed by atoms with Crippen molar-refractivity contribution in [2.24, 2.45) is 0 Å². The normalized spacial score (nSPS) is 9.92. The van der Waals surface area contributed by atoms with Crippen molar-refractivity contribution in [3.8, 4) is 0 Å². The number of rotatable bonds is 9. The van der Waals surface area contributed by atoms with Crippen LogP contribution in [0.2, 0.25) is 0 Å². The van der Waals surface area contributed by atoms with Crippen LogP contribution >= 0.6 is 0 Å². The van der Waals surface area contributed by atoms with Gasteiger partial charge >= 0.3 is 6.03 Å². The van der Waals surface area contributed by atoms with Crippen molar-refractivity contribution < 1.29 is 23.5 Å². The zero-order valence-electron chi connectivity index (χ0n) is 13.4. The third kappa shape index (κ3) is 8.69. The van der Waals surface area contributed by atoms with Crippen molar-refractivity contribution in [3.05, 3.63) is 30.1 Å². The Hall–Kier alpha value is -2.68. The Balaban J connectivity index is 2.13. The van der Waals surface area contributed by atoms with Gasteiger partial charge in [-0.1, -0.05) is 0 Å². The molecule has 24 heavy (non-hydrogen) atoms. The van der Waals surface area contributed by atoms with Gasteiger partial charge in [0.1, 0.15) is 5.82 Å². The number of ether oxygens (including phenoxy) is 1. The lowest BCUT2D eigenvalue weighted by atomic mass is 10.3. The summed E-state index contributed by atoms with van der Waals surface area (Å²) in [6.07, 6.45) is 0.124. The Kier molecular flexibility index (Phi) is 8.84. The second-order valence-electron chi connectivity index (χ2n) is 4.76. The van der Waals surface area contributed by atoms with Gasteiger partial charge < -0.3 is 26.0 Å². The Morgan fingerprint density at radius 3 is 2.38 bits per heavy atom. The van der Waals surface area contributed by atoms with E-state index in [-0.39, 0.29) is 25.4 Å². The number of amides is 4. The molecule has 1 rings (SSSR count). The van der Waals surface area contributed by atoms with Gasteiger partial charge in [-0.3, -0.25) is 9.59 Å². The SMILES string of the molecule is COCCNC(=O)CCNC(=O)NCC(=O)Nc1ccc(F)cc1. The maximum atomic E-state index is 12.7. The molecule has 0 heterocycles. The van der Waals surface area contributed by atoms with E-state index < -0.39 is 17.8 Å². The average molecular weight is 340 g/mol. The summed E-state index contributed by atoms with van der Waals surface area (Å²) in [4.78, 5) is 34.5. The molecule has 4 N–H and O–H groups in total. The molecule has 0 bridgehead atoms. The summed E-state index contributed by atoms with van der Waals surface area (Å²) < 4.78 is 17.5. The van der Waals surface area contributed by atoms with Gasteiger partial charge in [0.2, 0.25) is 11.8 Å². The third-order valence-corrected chi connectivity index (χ3v) is 2.80. The van der Waals surface area contributed by atoms with E-state index in [1.54, 1.807) is 0 Å². The summed E-state index contributed by atoms with van der Waals surface area (Å²) in [7, 11) is 1.53. The zero-order chi connectivity index (χ0) is 17.8. The zero-order valence-corrected chi connectivity index (χ0v) is 13.4. The van der Waals surface area contributed by atoms with Gasteiger partial charge in [-0.15, -0.1) is 0 Å². The molecule has 0 aliphatic heterocycles. The second kappa shape index (κ2) is 10.9. The summed E-state index contributed by atoms with van der Waals surface area (Å²) >= 11 is 0. The van der Waals surface area contributed by atoms with Gasteiger partial charge in [-0.05, 0) is 24.3 Å². The summed E-state index contributed by atoms with van der Waals surface area (Å²) in [6.45, 7) is 0.724. The first kappa shape index (κ1) is 19.4. The standard InChI is InChI=1S/C15H21FN4O4/c1-24-9-8-17-13(21)6-7-18-15(23)19-10-14(22)20-12-4-2-11(16)3-5-12/h2-5H,6-10H2,1H3,(H,17,21)(H,20,22)(H2,18,19,23). The van der Waals surface area contributed by atoms with E-state index in [0.29, 0.717) is 18.8 Å². The van der Waals surface area contributed by atoms with E-state index in [1.165, 1.54) is 31.4 Å². The van der Waals surface area contributed by atoms with Crippen LogP contribution in [0.15, 0.2) is 24.3 Å². The number of halogens is 1. The quantitative estimate of drug-likeness (QED) is 0.482. The van der Waals surface area contributed by atoms with Crippen LogP contribution in [0.4, 0.5) is 14.9 Å². The van der Waals surface area contributed by atoms with E-state index in [0.717, 1.165) is 0 Å². The number of urea groups is 1. The number of benzene rings is 1. The van der Waals surface area contributed by atoms with Crippen LogP contribution in [-0.4, -0.2) is 51.2 Å². The van der Waals surface area contributed by atoms with Gasteiger partial charge in [0.15, 0.2) is 0 Å². The highest BCUT2D eigenvalue weighted by Crippen LogP contribution is 2.07. The van der Waals surface area contributed by atoms with Crippen LogP contribution < -0.4 is 21.3 Å². The molecule has 0 saturated heterocycles. The maximum Gasteiger partial charge on any atom is 0.315 e. The second-order valence-corrected chi connectivity index (χ2v) is 4.76. The topological polar surface area (TPSA) is 109 Å². The minimum absolute atomic E-state index is 0.124. The van der Waals surface area contributed by atoms with Gasteiger partial charge in [0, 0.05) is 32.3 Å². The minimum atomic E-state index is -0.561. The highest BCUT2D eigenvalue weighted by molar-refractivity contribution is 5.94. The molecule has 0 unspecified atom stereocenters. The van der Waals surface area contributed by atoms with Crippen molar-refractivity contribution in [2.45, 2.75) is 6.42 Å². The molecule has 0 aliphatic carbocycles. The molecule has 0 spiro atoms. The van der Waals surface area contributed by atoms with Crippen LogP contribution in [0.25, 0.3) is 0 Å². The molecule has 0 atom stereocenters. The van der Waals surface area contributed by atoms with Crippen molar-refractivity contribution in [1.82, 2.24) is 16.0 Å². The number of hydrogen-bond donors (Lipinski definition) is 4.